The zero-order chi connectivity index (χ0) is 19.4. The molecule has 1 unspecified atom stereocenters. The zero-order valence-electron chi connectivity index (χ0n) is 16.4. The molecular formula is C20H30ClN5OS. The molecule has 8 heteroatoms. The molecule has 1 aromatic rings. The Morgan fingerprint density at radius 3 is 2.46 bits per heavy atom. The summed E-state index contributed by atoms with van der Waals surface area (Å²) >= 11 is 8.04. The summed E-state index contributed by atoms with van der Waals surface area (Å²) in [5, 5.41) is 0.776. The third-order valence-corrected chi connectivity index (χ3v) is 7.58. The summed E-state index contributed by atoms with van der Waals surface area (Å²) in [7, 11) is 0. The molecule has 1 atom stereocenters. The van der Waals surface area contributed by atoms with E-state index in [0.717, 1.165) is 69.8 Å². The second kappa shape index (κ2) is 9.11. The van der Waals surface area contributed by atoms with Crippen molar-refractivity contribution in [1.82, 2.24) is 9.80 Å². The predicted octanol–water partition coefficient (Wildman–Crippen LogP) is 1.98. The molecule has 0 aliphatic carbocycles. The van der Waals surface area contributed by atoms with Crippen molar-refractivity contribution in [2.24, 2.45) is 10.7 Å². The monoisotopic (exact) mass is 423 g/mol. The van der Waals surface area contributed by atoms with Crippen molar-refractivity contribution in [3.63, 3.8) is 0 Å². The lowest BCUT2D eigenvalue weighted by molar-refractivity contribution is -0.0105. The van der Waals surface area contributed by atoms with Crippen LogP contribution in [-0.4, -0.2) is 91.8 Å². The average molecular weight is 424 g/mol. The molecule has 3 saturated heterocycles. The number of hydrogen-bond donors (Lipinski definition) is 1. The van der Waals surface area contributed by atoms with Crippen molar-refractivity contribution < 1.29 is 4.74 Å². The van der Waals surface area contributed by atoms with Gasteiger partial charge in [0.2, 0.25) is 0 Å². The maximum atomic E-state index is 6.41. The molecule has 154 valence electrons. The van der Waals surface area contributed by atoms with Gasteiger partial charge in [-0.25, -0.2) is 0 Å². The largest absolute Gasteiger partial charge is 0.379 e. The lowest BCUT2D eigenvalue weighted by Gasteiger charge is -2.42. The third kappa shape index (κ3) is 4.53. The van der Waals surface area contributed by atoms with Crippen LogP contribution in [0.15, 0.2) is 29.3 Å². The van der Waals surface area contributed by atoms with Gasteiger partial charge >= 0.3 is 0 Å². The second-order valence-electron chi connectivity index (χ2n) is 7.75. The number of nitrogens with two attached hydrogens (primary N) is 1. The summed E-state index contributed by atoms with van der Waals surface area (Å²) < 4.78 is 5.55. The number of anilines is 1. The Morgan fingerprint density at radius 1 is 1.11 bits per heavy atom. The molecule has 6 nitrogen and oxygen atoms in total. The maximum absolute atomic E-state index is 6.41. The summed E-state index contributed by atoms with van der Waals surface area (Å²) in [6.45, 7) is 8.17. The number of benzene rings is 1. The molecular weight excluding hydrogens is 394 g/mol. The highest BCUT2D eigenvalue weighted by Gasteiger charge is 2.40. The molecule has 4 rings (SSSR count). The predicted molar refractivity (Wildman–Crippen MR) is 119 cm³/mol. The highest BCUT2D eigenvalue weighted by Crippen LogP contribution is 2.34. The Bertz CT molecular complexity index is 666. The number of morpholine rings is 1. The van der Waals surface area contributed by atoms with Crippen LogP contribution in [0, 0.1) is 0 Å². The fraction of sp³-hybridized carbons (Fsp3) is 0.650. The van der Waals surface area contributed by atoms with Crippen LogP contribution in [0.1, 0.15) is 6.42 Å². The molecule has 3 aliphatic rings. The van der Waals surface area contributed by atoms with Crippen LogP contribution in [0.5, 0.6) is 0 Å². The molecule has 0 spiro atoms. The van der Waals surface area contributed by atoms with Gasteiger partial charge in [-0.2, -0.15) is 11.8 Å². The van der Waals surface area contributed by atoms with E-state index < -0.39 is 0 Å². The Balaban J connectivity index is 1.34. The van der Waals surface area contributed by atoms with Crippen molar-refractivity contribution in [2.45, 2.75) is 12.0 Å². The topological polar surface area (TPSA) is 57.3 Å². The fourth-order valence-electron chi connectivity index (χ4n) is 4.28. The molecule has 1 aromatic carbocycles. The molecule has 0 saturated carbocycles. The molecule has 28 heavy (non-hydrogen) atoms. The number of halogens is 1. The molecule has 3 heterocycles. The standard InChI is InChI=1S/C20H30ClN5OS/c21-17-1-3-18(4-2-17)24-6-8-25(9-7-24)19(22)23-15-20(5-14-28-16-20)26-10-12-27-13-11-26/h1-4H,5-16H2,(H2,22,23). The van der Waals surface area contributed by atoms with E-state index in [1.165, 1.54) is 17.9 Å². The van der Waals surface area contributed by atoms with Gasteiger partial charge in [-0.1, -0.05) is 11.6 Å². The minimum atomic E-state index is 0.157. The van der Waals surface area contributed by atoms with Gasteiger partial charge < -0.3 is 20.3 Å². The first-order chi connectivity index (χ1) is 13.7. The van der Waals surface area contributed by atoms with Crippen LogP contribution < -0.4 is 10.6 Å². The molecule has 0 amide bonds. The summed E-state index contributed by atoms with van der Waals surface area (Å²) in [5.41, 5.74) is 7.78. The molecule has 0 radical (unpaired) electrons. The van der Waals surface area contributed by atoms with Crippen molar-refractivity contribution in [3.05, 3.63) is 29.3 Å². The van der Waals surface area contributed by atoms with Gasteiger partial charge in [0.25, 0.3) is 0 Å². The summed E-state index contributed by atoms with van der Waals surface area (Å²) in [5.74, 6) is 3.06. The number of hydrogen-bond acceptors (Lipinski definition) is 5. The van der Waals surface area contributed by atoms with E-state index in [-0.39, 0.29) is 5.54 Å². The van der Waals surface area contributed by atoms with E-state index in [1.807, 2.05) is 23.9 Å². The van der Waals surface area contributed by atoms with Crippen molar-refractivity contribution >= 4 is 35.0 Å². The number of guanidine groups is 1. The average Bonchev–Trinajstić information content (AvgIpc) is 3.24. The molecule has 3 fully saturated rings. The van der Waals surface area contributed by atoms with Crippen LogP contribution in [0.3, 0.4) is 0 Å². The van der Waals surface area contributed by atoms with E-state index in [0.29, 0.717) is 5.96 Å². The van der Waals surface area contributed by atoms with Crippen molar-refractivity contribution in [1.29, 1.82) is 0 Å². The lowest BCUT2D eigenvalue weighted by Crippen LogP contribution is -2.56. The fourth-order valence-corrected chi connectivity index (χ4v) is 5.87. The smallest absolute Gasteiger partial charge is 0.191 e. The van der Waals surface area contributed by atoms with Crippen LogP contribution in [0.25, 0.3) is 0 Å². The van der Waals surface area contributed by atoms with Gasteiger partial charge in [-0.3, -0.25) is 9.89 Å². The number of nitrogens with zero attached hydrogens (tertiary/aromatic N) is 4. The van der Waals surface area contributed by atoms with E-state index in [1.54, 1.807) is 0 Å². The lowest BCUT2D eigenvalue weighted by atomic mass is 9.96. The number of piperazine rings is 1. The highest BCUT2D eigenvalue weighted by atomic mass is 35.5. The molecule has 0 bridgehead atoms. The Hall–Kier alpha value is -1.15. The van der Waals surface area contributed by atoms with Gasteiger partial charge in [0.15, 0.2) is 5.96 Å². The van der Waals surface area contributed by atoms with Crippen LogP contribution in [0.2, 0.25) is 5.02 Å². The number of ether oxygens (including phenoxy) is 1. The molecule has 0 aromatic heterocycles. The first kappa shape index (κ1) is 20.1. The van der Waals surface area contributed by atoms with Crippen LogP contribution >= 0.6 is 23.4 Å². The number of rotatable bonds is 4. The third-order valence-electron chi connectivity index (χ3n) is 6.10. The van der Waals surface area contributed by atoms with E-state index in [9.17, 15) is 0 Å². The Labute approximate surface area is 177 Å². The molecule has 2 N–H and O–H groups in total. The normalized spacial score (nSPS) is 27.4. The van der Waals surface area contributed by atoms with E-state index in [4.69, 9.17) is 27.1 Å². The first-order valence-electron chi connectivity index (χ1n) is 10.1. The van der Waals surface area contributed by atoms with Crippen LogP contribution in [0.4, 0.5) is 5.69 Å². The van der Waals surface area contributed by atoms with Gasteiger partial charge in [-0.15, -0.1) is 0 Å². The number of thioether (sulfide) groups is 1. The van der Waals surface area contributed by atoms with Gasteiger partial charge in [0, 0.05) is 55.7 Å². The Kier molecular flexibility index (Phi) is 6.55. The van der Waals surface area contributed by atoms with Crippen LogP contribution in [-0.2, 0) is 4.74 Å². The highest BCUT2D eigenvalue weighted by molar-refractivity contribution is 7.99. The summed E-state index contributed by atoms with van der Waals surface area (Å²) in [4.78, 5) is 12.1. The van der Waals surface area contributed by atoms with Gasteiger partial charge in [-0.05, 0) is 36.4 Å². The summed E-state index contributed by atoms with van der Waals surface area (Å²) in [6, 6.07) is 8.06. The zero-order valence-corrected chi connectivity index (χ0v) is 17.9. The Morgan fingerprint density at radius 2 is 1.82 bits per heavy atom. The minimum absolute atomic E-state index is 0.157. The quantitative estimate of drug-likeness (QED) is 0.590. The van der Waals surface area contributed by atoms with Gasteiger partial charge in [0.1, 0.15) is 0 Å². The maximum Gasteiger partial charge on any atom is 0.191 e. The van der Waals surface area contributed by atoms with E-state index >= 15 is 0 Å². The van der Waals surface area contributed by atoms with Gasteiger partial charge in [0.05, 0.1) is 25.3 Å². The second-order valence-corrected chi connectivity index (χ2v) is 9.29. The summed E-state index contributed by atoms with van der Waals surface area (Å²) in [6.07, 6.45) is 1.19. The SMILES string of the molecule is NC(=NCC1(N2CCOCC2)CCSC1)N1CCN(c2ccc(Cl)cc2)CC1. The minimum Gasteiger partial charge on any atom is -0.379 e. The van der Waals surface area contributed by atoms with E-state index in [2.05, 4.69) is 26.8 Å². The number of aliphatic imine (C=N–C) groups is 1. The van der Waals surface area contributed by atoms with Crippen molar-refractivity contribution in [2.75, 3.05) is 75.4 Å². The van der Waals surface area contributed by atoms with Crippen molar-refractivity contribution in [3.8, 4) is 0 Å². The molecule has 3 aliphatic heterocycles. The first-order valence-corrected chi connectivity index (χ1v) is 11.7.